The Hall–Kier alpha value is -4.11. The predicted octanol–water partition coefficient (Wildman–Crippen LogP) is 4.94. The first-order valence-electron chi connectivity index (χ1n) is 13.1. The van der Waals surface area contributed by atoms with Crippen molar-refractivity contribution in [2.45, 2.75) is 38.6 Å². The van der Waals surface area contributed by atoms with Crippen molar-refractivity contribution in [3.05, 3.63) is 71.9 Å². The lowest BCUT2D eigenvalue weighted by atomic mass is 10.0. The van der Waals surface area contributed by atoms with E-state index < -0.39 is 5.82 Å². The summed E-state index contributed by atoms with van der Waals surface area (Å²) in [6, 6.07) is 14.1. The number of likely N-dealkylation sites (tertiary alicyclic amines) is 1. The molecule has 1 saturated heterocycles. The number of rotatable bonds is 7. The number of aromatic nitrogens is 5. The zero-order valence-electron chi connectivity index (χ0n) is 21.1. The van der Waals surface area contributed by atoms with Gasteiger partial charge in [-0.15, -0.1) is 0 Å². The Bertz CT molecular complexity index is 1590. The Kier molecular flexibility index (Phi) is 6.59. The highest BCUT2D eigenvalue weighted by Gasteiger charge is 2.20. The molecular formula is C29H30FN7O. The summed E-state index contributed by atoms with van der Waals surface area (Å²) in [5, 5.41) is 16.4. The molecule has 0 radical (unpaired) electrons. The summed E-state index contributed by atoms with van der Waals surface area (Å²) in [4.78, 5) is 16.2. The number of nitrogens with two attached hydrogens (primary N) is 1. The molecule has 6 rings (SSSR count). The molecular weight excluding hydrogens is 481 g/mol. The van der Waals surface area contributed by atoms with E-state index in [1.54, 1.807) is 4.68 Å². The Morgan fingerprint density at radius 1 is 1.00 bits per heavy atom. The number of piperidine rings is 1. The number of hydrogen-bond acceptors (Lipinski definition) is 7. The summed E-state index contributed by atoms with van der Waals surface area (Å²) in [7, 11) is 0. The van der Waals surface area contributed by atoms with Crippen molar-refractivity contribution in [1.82, 2.24) is 29.6 Å². The maximum atomic E-state index is 14.2. The first-order chi connectivity index (χ1) is 18.5. The van der Waals surface area contributed by atoms with Gasteiger partial charge in [-0.05, 0) is 75.1 Å². The number of nitrogen functional groups attached to an aromatic ring is 1. The van der Waals surface area contributed by atoms with Crippen LogP contribution in [0.4, 0.5) is 10.2 Å². The molecule has 0 spiro atoms. The number of hydrogen-bond donors (Lipinski definition) is 2. The van der Waals surface area contributed by atoms with Crippen LogP contribution in [0.25, 0.3) is 33.2 Å². The van der Waals surface area contributed by atoms with E-state index in [1.807, 2.05) is 18.2 Å². The second-order valence-corrected chi connectivity index (χ2v) is 9.95. The van der Waals surface area contributed by atoms with Crippen LogP contribution in [0.3, 0.4) is 0 Å². The second-order valence-electron chi connectivity index (χ2n) is 9.95. The molecule has 3 aromatic heterocycles. The Morgan fingerprint density at radius 2 is 1.84 bits per heavy atom. The molecule has 0 atom stereocenters. The Labute approximate surface area is 220 Å². The molecule has 2 aromatic carbocycles. The van der Waals surface area contributed by atoms with Gasteiger partial charge in [-0.25, -0.2) is 19.0 Å². The number of nitrogens with zero attached hydrogens (tertiary/aromatic N) is 6. The topological polar surface area (TPSA) is 106 Å². The maximum Gasteiger partial charge on any atom is 0.164 e. The minimum Gasteiger partial charge on any atom is -0.508 e. The quantitative estimate of drug-likeness (QED) is 0.319. The molecule has 0 saturated carbocycles. The van der Waals surface area contributed by atoms with Crippen LogP contribution in [0.2, 0.25) is 0 Å². The van der Waals surface area contributed by atoms with E-state index in [-0.39, 0.29) is 11.6 Å². The lowest BCUT2D eigenvalue weighted by molar-refractivity contribution is 0.226. The number of pyridine rings is 1. The van der Waals surface area contributed by atoms with Gasteiger partial charge in [-0.2, -0.15) is 5.10 Å². The highest BCUT2D eigenvalue weighted by molar-refractivity contribution is 5.98. The van der Waals surface area contributed by atoms with Crippen molar-refractivity contribution in [2.75, 3.05) is 25.4 Å². The van der Waals surface area contributed by atoms with Crippen LogP contribution >= 0.6 is 0 Å². The number of para-hydroxylation sites is 1. The van der Waals surface area contributed by atoms with Gasteiger partial charge < -0.3 is 15.7 Å². The summed E-state index contributed by atoms with van der Waals surface area (Å²) < 4.78 is 15.9. The van der Waals surface area contributed by atoms with Crippen LogP contribution in [0.1, 0.15) is 36.9 Å². The number of anilines is 1. The van der Waals surface area contributed by atoms with Crippen molar-refractivity contribution in [3.8, 4) is 17.0 Å². The number of aryl methyl sites for hydroxylation is 1. The van der Waals surface area contributed by atoms with Crippen molar-refractivity contribution in [3.63, 3.8) is 0 Å². The molecule has 194 valence electrons. The predicted molar refractivity (Wildman–Crippen MR) is 146 cm³/mol. The Balaban J connectivity index is 1.38. The van der Waals surface area contributed by atoms with Gasteiger partial charge >= 0.3 is 0 Å². The van der Waals surface area contributed by atoms with Crippen LogP contribution < -0.4 is 5.73 Å². The molecule has 1 aliphatic heterocycles. The van der Waals surface area contributed by atoms with Crippen LogP contribution in [-0.4, -0.2) is 54.4 Å². The van der Waals surface area contributed by atoms with Gasteiger partial charge in [0, 0.05) is 22.7 Å². The van der Waals surface area contributed by atoms with Crippen LogP contribution in [0.5, 0.6) is 5.75 Å². The third-order valence-electron chi connectivity index (χ3n) is 7.26. The molecule has 3 N–H and O–H groups in total. The number of fused-ring (bicyclic) bond motifs is 2. The van der Waals surface area contributed by atoms with E-state index in [2.05, 4.69) is 27.0 Å². The van der Waals surface area contributed by atoms with Crippen molar-refractivity contribution in [1.29, 1.82) is 0 Å². The summed E-state index contributed by atoms with van der Waals surface area (Å²) >= 11 is 0. The first kappa shape index (κ1) is 24.2. The molecule has 5 aromatic rings. The van der Waals surface area contributed by atoms with E-state index in [4.69, 9.17) is 15.8 Å². The second kappa shape index (κ2) is 10.3. The van der Waals surface area contributed by atoms with Gasteiger partial charge in [0.2, 0.25) is 0 Å². The molecule has 0 amide bonds. The van der Waals surface area contributed by atoms with E-state index in [0.717, 1.165) is 47.6 Å². The first-order valence-corrected chi connectivity index (χ1v) is 13.1. The number of benzene rings is 2. The summed E-state index contributed by atoms with van der Waals surface area (Å²) in [5.41, 5.74) is 10.7. The molecule has 0 bridgehead atoms. The average Bonchev–Trinajstić information content (AvgIpc) is 3.28. The molecule has 9 heteroatoms. The normalized spacial score (nSPS) is 14.4. The zero-order valence-corrected chi connectivity index (χ0v) is 21.1. The SMILES string of the molecule is Nc1ncnc2c1c(-c1cc(O)cc(F)c1)nn2Cc1cc2ccccc2nc1CCCN1CCCCC1. The molecule has 1 aliphatic rings. The highest BCUT2D eigenvalue weighted by atomic mass is 19.1. The van der Waals surface area contributed by atoms with Crippen LogP contribution in [-0.2, 0) is 13.0 Å². The standard InChI is InChI=1S/C29H30FN7O/c30-22-14-20(15-23(38)16-22)27-26-28(31)32-18-33-29(26)37(35-27)17-21-13-19-7-2-3-8-24(19)34-25(21)9-6-12-36-10-4-1-5-11-36/h2-3,7-8,13-16,18,38H,1,4-6,9-12,17H2,(H2,31,32,33). The fourth-order valence-corrected chi connectivity index (χ4v) is 5.42. The summed E-state index contributed by atoms with van der Waals surface area (Å²) in [5.74, 6) is -0.501. The highest BCUT2D eigenvalue weighted by Crippen LogP contribution is 2.33. The molecule has 0 aliphatic carbocycles. The molecule has 8 nitrogen and oxygen atoms in total. The van der Waals surface area contributed by atoms with Gasteiger partial charge in [-0.1, -0.05) is 24.6 Å². The van der Waals surface area contributed by atoms with Gasteiger partial charge in [0.25, 0.3) is 0 Å². The number of phenolic OH excluding ortho intramolecular Hbond substituents is 1. The monoisotopic (exact) mass is 511 g/mol. The van der Waals surface area contributed by atoms with Gasteiger partial charge in [0.1, 0.15) is 29.4 Å². The minimum atomic E-state index is -0.562. The lowest BCUT2D eigenvalue weighted by Crippen LogP contribution is -2.30. The smallest absolute Gasteiger partial charge is 0.164 e. The van der Waals surface area contributed by atoms with Gasteiger partial charge in [0.15, 0.2) is 5.65 Å². The molecule has 38 heavy (non-hydrogen) atoms. The zero-order chi connectivity index (χ0) is 26.1. The van der Waals surface area contributed by atoms with E-state index in [9.17, 15) is 9.50 Å². The number of phenols is 1. The number of halogens is 1. The van der Waals surface area contributed by atoms with Crippen molar-refractivity contribution < 1.29 is 9.50 Å². The largest absolute Gasteiger partial charge is 0.508 e. The van der Waals surface area contributed by atoms with E-state index >= 15 is 0 Å². The third-order valence-corrected chi connectivity index (χ3v) is 7.26. The summed E-state index contributed by atoms with van der Waals surface area (Å²) in [6.45, 7) is 3.84. The van der Waals surface area contributed by atoms with Gasteiger partial charge in [-0.3, -0.25) is 4.98 Å². The fourth-order valence-electron chi connectivity index (χ4n) is 5.42. The average molecular weight is 512 g/mol. The van der Waals surface area contributed by atoms with Crippen molar-refractivity contribution in [2.24, 2.45) is 0 Å². The maximum absolute atomic E-state index is 14.2. The fraction of sp³-hybridized carbons (Fsp3) is 0.310. The lowest BCUT2D eigenvalue weighted by Gasteiger charge is -2.26. The molecule has 0 unspecified atom stereocenters. The van der Waals surface area contributed by atoms with E-state index in [1.165, 1.54) is 50.8 Å². The van der Waals surface area contributed by atoms with Crippen LogP contribution in [0, 0.1) is 5.82 Å². The Morgan fingerprint density at radius 3 is 2.68 bits per heavy atom. The molecule has 1 fully saturated rings. The summed E-state index contributed by atoms with van der Waals surface area (Å²) in [6.07, 6.45) is 7.18. The third kappa shape index (κ3) is 4.89. The number of aromatic hydroxyl groups is 1. The van der Waals surface area contributed by atoms with Crippen LogP contribution in [0.15, 0.2) is 54.9 Å². The van der Waals surface area contributed by atoms with Crippen molar-refractivity contribution >= 4 is 27.8 Å². The minimum absolute atomic E-state index is 0.187. The van der Waals surface area contributed by atoms with E-state index in [0.29, 0.717) is 28.8 Å². The molecule has 4 heterocycles. The van der Waals surface area contributed by atoms with Gasteiger partial charge in [0.05, 0.1) is 17.4 Å².